The van der Waals surface area contributed by atoms with Gasteiger partial charge in [-0.15, -0.1) is 0 Å². The molecule has 0 atom stereocenters. The molecule has 3 aromatic rings. The summed E-state index contributed by atoms with van der Waals surface area (Å²) < 4.78 is 25.1. The van der Waals surface area contributed by atoms with Crippen molar-refractivity contribution >= 4 is 65.9 Å². The van der Waals surface area contributed by atoms with E-state index in [1.54, 1.807) is 12.1 Å². The zero-order chi connectivity index (χ0) is 18.6. The minimum atomic E-state index is -3.75. The van der Waals surface area contributed by atoms with Gasteiger partial charge in [-0.2, -0.15) is 13.5 Å². The fraction of sp³-hybridized carbons (Fsp3) is 0. The van der Waals surface area contributed by atoms with Gasteiger partial charge < -0.3 is 5.32 Å². The van der Waals surface area contributed by atoms with E-state index in [9.17, 15) is 8.42 Å². The Balaban J connectivity index is 1.69. The molecule has 6 nitrogen and oxygen atoms in total. The number of benzene rings is 2. The summed E-state index contributed by atoms with van der Waals surface area (Å²) in [5.74, 6) is 0. The molecule has 0 aliphatic rings. The van der Waals surface area contributed by atoms with Crippen LogP contribution in [0.3, 0.4) is 0 Å². The second kappa shape index (κ2) is 8.17. The summed E-state index contributed by atoms with van der Waals surface area (Å²) in [6.45, 7) is 0. The van der Waals surface area contributed by atoms with E-state index in [4.69, 9.17) is 11.6 Å². The summed E-state index contributed by atoms with van der Waals surface area (Å²) >= 11 is 10.6. The van der Waals surface area contributed by atoms with Crippen LogP contribution in [0.15, 0.2) is 69.1 Å². The third kappa shape index (κ3) is 4.82. The van der Waals surface area contributed by atoms with Gasteiger partial charge in [-0.05, 0) is 36.4 Å². The lowest BCUT2D eigenvalue weighted by atomic mass is 10.3. The van der Waals surface area contributed by atoms with E-state index in [-0.39, 0.29) is 10.0 Å². The molecule has 0 bridgehead atoms. The summed E-state index contributed by atoms with van der Waals surface area (Å²) in [6.07, 6.45) is 1.33. The Hall–Kier alpha value is -1.94. The van der Waals surface area contributed by atoms with Crippen molar-refractivity contribution < 1.29 is 8.42 Å². The number of nitrogens with zero attached hydrogens (tertiary/aromatic N) is 2. The van der Waals surface area contributed by atoms with Gasteiger partial charge in [0.1, 0.15) is 0 Å². The van der Waals surface area contributed by atoms with Crippen LogP contribution in [-0.2, 0) is 10.0 Å². The second-order valence-electron chi connectivity index (χ2n) is 4.97. The van der Waals surface area contributed by atoms with Crippen molar-refractivity contribution in [3.05, 3.63) is 69.1 Å². The topological polar surface area (TPSA) is 83.5 Å². The van der Waals surface area contributed by atoms with Crippen molar-refractivity contribution in [1.82, 2.24) is 9.82 Å². The highest BCUT2D eigenvalue weighted by atomic mass is 79.9. The lowest BCUT2D eigenvalue weighted by Gasteiger charge is -2.02. The summed E-state index contributed by atoms with van der Waals surface area (Å²) in [4.78, 5) is 6.99. The van der Waals surface area contributed by atoms with Crippen LogP contribution >= 0.6 is 38.9 Å². The van der Waals surface area contributed by atoms with Crippen molar-refractivity contribution in [2.75, 3.05) is 5.32 Å². The van der Waals surface area contributed by atoms with Crippen LogP contribution in [-0.4, -0.2) is 19.6 Å². The van der Waals surface area contributed by atoms with Gasteiger partial charge >= 0.3 is 0 Å². The molecule has 0 amide bonds. The second-order valence-corrected chi connectivity index (χ2v) is 8.94. The maximum atomic E-state index is 12.2. The van der Waals surface area contributed by atoms with E-state index in [0.717, 1.165) is 10.2 Å². The van der Waals surface area contributed by atoms with Gasteiger partial charge in [-0.25, -0.2) is 9.82 Å². The van der Waals surface area contributed by atoms with Crippen LogP contribution in [0.4, 0.5) is 10.8 Å². The van der Waals surface area contributed by atoms with E-state index in [2.05, 4.69) is 36.2 Å². The molecule has 134 valence electrons. The van der Waals surface area contributed by atoms with Crippen LogP contribution in [0.2, 0.25) is 5.15 Å². The molecule has 0 aliphatic heterocycles. The molecule has 26 heavy (non-hydrogen) atoms. The monoisotopic (exact) mass is 470 g/mol. The number of hydrazone groups is 1. The summed E-state index contributed by atoms with van der Waals surface area (Å²) in [5, 5.41) is 7.72. The van der Waals surface area contributed by atoms with Gasteiger partial charge in [0.15, 0.2) is 10.3 Å². The number of nitrogens with one attached hydrogen (secondary N) is 2. The first kappa shape index (κ1) is 18.8. The average Bonchev–Trinajstić information content (AvgIpc) is 2.95. The molecule has 3 rings (SSSR count). The van der Waals surface area contributed by atoms with E-state index < -0.39 is 10.0 Å². The zero-order valence-corrected chi connectivity index (χ0v) is 17.0. The Morgan fingerprint density at radius 1 is 1.12 bits per heavy atom. The summed E-state index contributed by atoms with van der Waals surface area (Å²) in [5.41, 5.74) is 0.873. The van der Waals surface area contributed by atoms with Crippen molar-refractivity contribution in [3.63, 3.8) is 0 Å². The van der Waals surface area contributed by atoms with Gasteiger partial charge in [0.2, 0.25) is 0 Å². The van der Waals surface area contributed by atoms with Gasteiger partial charge in [0.25, 0.3) is 10.0 Å². The highest BCUT2D eigenvalue weighted by Crippen LogP contribution is 2.27. The first-order chi connectivity index (χ1) is 12.4. The van der Waals surface area contributed by atoms with Crippen LogP contribution in [0.1, 0.15) is 4.88 Å². The standard InChI is InChI=1S/C16H12BrClN4O2S2/c17-11-6-8-13(9-7-11)26(23,24)22-19-10-14-15(18)21-16(25-14)20-12-4-2-1-3-5-12/h1-10,22H,(H,20,21)/b19-10+. The van der Waals surface area contributed by atoms with E-state index in [0.29, 0.717) is 10.0 Å². The molecule has 0 radical (unpaired) electrons. The minimum absolute atomic E-state index is 0.111. The largest absolute Gasteiger partial charge is 0.331 e. The SMILES string of the molecule is O=S(=O)(N/N=C/c1sc(Nc2ccccc2)nc1Cl)c1ccc(Br)cc1. The Morgan fingerprint density at radius 3 is 2.50 bits per heavy atom. The summed E-state index contributed by atoms with van der Waals surface area (Å²) in [7, 11) is -3.75. The maximum absolute atomic E-state index is 12.2. The Bertz CT molecular complexity index is 1020. The highest BCUT2D eigenvalue weighted by Gasteiger charge is 2.13. The maximum Gasteiger partial charge on any atom is 0.276 e. The normalized spacial score (nSPS) is 11.6. The number of anilines is 2. The Morgan fingerprint density at radius 2 is 1.81 bits per heavy atom. The Kier molecular flexibility index (Phi) is 5.92. The molecular weight excluding hydrogens is 460 g/mol. The van der Waals surface area contributed by atoms with Crippen molar-refractivity contribution in [2.24, 2.45) is 5.10 Å². The number of aromatic nitrogens is 1. The highest BCUT2D eigenvalue weighted by molar-refractivity contribution is 9.10. The molecule has 1 heterocycles. The quantitative estimate of drug-likeness (QED) is 0.406. The smallest absolute Gasteiger partial charge is 0.276 e. The number of hydrogen-bond donors (Lipinski definition) is 2. The number of para-hydroxylation sites is 1. The van der Waals surface area contributed by atoms with Gasteiger partial charge in [-0.1, -0.05) is 57.1 Å². The van der Waals surface area contributed by atoms with Crippen molar-refractivity contribution in [1.29, 1.82) is 0 Å². The fourth-order valence-electron chi connectivity index (χ4n) is 1.91. The number of thiazole rings is 1. The Labute approximate surface area is 168 Å². The first-order valence-electron chi connectivity index (χ1n) is 7.23. The molecule has 1 aromatic heterocycles. The molecule has 2 N–H and O–H groups in total. The van der Waals surface area contributed by atoms with Crippen LogP contribution in [0.25, 0.3) is 0 Å². The van der Waals surface area contributed by atoms with Gasteiger partial charge in [-0.3, -0.25) is 0 Å². The van der Waals surface area contributed by atoms with Gasteiger partial charge in [0, 0.05) is 10.2 Å². The predicted octanol–water partition coefficient (Wildman–Crippen LogP) is 4.62. The van der Waals surface area contributed by atoms with Crippen LogP contribution < -0.4 is 10.1 Å². The number of sulfonamides is 1. The molecular formula is C16H12BrClN4O2S2. The molecule has 0 spiro atoms. The first-order valence-corrected chi connectivity index (χ1v) is 10.7. The lowest BCUT2D eigenvalue weighted by molar-refractivity contribution is 0.584. The zero-order valence-electron chi connectivity index (χ0n) is 13.1. The number of rotatable bonds is 6. The van der Waals surface area contributed by atoms with Gasteiger partial charge in [0.05, 0.1) is 16.0 Å². The predicted molar refractivity (Wildman–Crippen MR) is 109 cm³/mol. The van der Waals surface area contributed by atoms with E-state index >= 15 is 0 Å². The summed E-state index contributed by atoms with van der Waals surface area (Å²) in [6, 6.07) is 15.7. The van der Waals surface area contributed by atoms with Crippen LogP contribution in [0.5, 0.6) is 0 Å². The number of hydrogen-bond acceptors (Lipinski definition) is 6. The lowest BCUT2D eigenvalue weighted by Crippen LogP contribution is -2.18. The molecule has 0 saturated carbocycles. The minimum Gasteiger partial charge on any atom is -0.331 e. The van der Waals surface area contributed by atoms with Crippen molar-refractivity contribution in [3.8, 4) is 0 Å². The molecule has 0 aliphatic carbocycles. The third-order valence-corrected chi connectivity index (χ3v) is 6.19. The molecule has 10 heteroatoms. The van der Waals surface area contributed by atoms with E-state index in [1.165, 1.54) is 29.7 Å². The fourth-order valence-corrected chi connectivity index (χ4v) is 4.02. The molecule has 2 aromatic carbocycles. The third-order valence-electron chi connectivity index (χ3n) is 3.11. The molecule has 0 fully saturated rings. The molecule has 0 saturated heterocycles. The van der Waals surface area contributed by atoms with Crippen molar-refractivity contribution in [2.45, 2.75) is 4.90 Å². The van der Waals surface area contributed by atoms with Crippen LogP contribution in [0, 0.1) is 0 Å². The average molecular weight is 472 g/mol. The number of halogens is 2. The van der Waals surface area contributed by atoms with E-state index in [1.807, 2.05) is 30.3 Å². The molecule has 0 unspecified atom stereocenters.